The molecule has 4 aromatic rings. The molecular formula is C28H25N3O4. The third kappa shape index (κ3) is 4.45. The summed E-state index contributed by atoms with van der Waals surface area (Å²) in [5, 5.41) is 0.508. The van der Waals surface area contributed by atoms with Gasteiger partial charge in [-0.05, 0) is 55.3 Å². The van der Waals surface area contributed by atoms with Crippen molar-refractivity contribution in [2.75, 3.05) is 0 Å². The van der Waals surface area contributed by atoms with Crippen LogP contribution in [0.25, 0.3) is 10.9 Å². The Kier molecular flexibility index (Phi) is 5.91. The molecule has 7 heteroatoms. The fourth-order valence-corrected chi connectivity index (χ4v) is 4.41. The summed E-state index contributed by atoms with van der Waals surface area (Å²) < 4.78 is 5.63. The summed E-state index contributed by atoms with van der Waals surface area (Å²) >= 11 is 0. The van der Waals surface area contributed by atoms with E-state index in [1.165, 1.54) is 0 Å². The number of carbonyl (C=O) groups is 2. The maximum absolute atomic E-state index is 13.5. The van der Waals surface area contributed by atoms with Crippen LogP contribution in [0.1, 0.15) is 57.6 Å². The van der Waals surface area contributed by atoms with Crippen molar-refractivity contribution in [3.05, 3.63) is 111 Å². The van der Waals surface area contributed by atoms with Crippen LogP contribution in [0.4, 0.5) is 0 Å². The van der Waals surface area contributed by atoms with E-state index in [1.54, 1.807) is 41.3 Å². The Morgan fingerprint density at radius 1 is 1.06 bits per heavy atom. The van der Waals surface area contributed by atoms with Crippen LogP contribution in [-0.2, 0) is 17.7 Å². The van der Waals surface area contributed by atoms with Gasteiger partial charge >= 0.3 is 5.97 Å². The monoisotopic (exact) mass is 467 g/mol. The van der Waals surface area contributed by atoms with Crippen molar-refractivity contribution in [1.29, 1.82) is 0 Å². The van der Waals surface area contributed by atoms with Gasteiger partial charge in [0.15, 0.2) is 0 Å². The number of para-hydroxylation sites is 1. The standard InChI is InChI=1S/C28H25N3O4/c1-17(2)31(16-25-29-23-11-7-6-10-22(23)26(32)30-25)27(33)19-12-13-21-20(14-19)15-24(35-28(21)34)18-8-4-3-5-9-18/h3-14,17,24H,15-16H2,1-2H3,(H,29,30,32)/t24-/m0/s1. The molecule has 1 atom stereocenters. The van der Waals surface area contributed by atoms with E-state index in [1.807, 2.05) is 50.2 Å². The number of benzene rings is 3. The van der Waals surface area contributed by atoms with Crippen molar-refractivity contribution in [1.82, 2.24) is 14.9 Å². The number of esters is 1. The topological polar surface area (TPSA) is 92.4 Å². The Bertz CT molecular complexity index is 1480. The largest absolute Gasteiger partial charge is 0.454 e. The van der Waals surface area contributed by atoms with E-state index in [4.69, 9.17) is 4.74 Å². The second kappa shape index (κ2) is 9.18. The van der Waals surface area contributed by atoms with Gasteiger partial charge < -0.3 is 14.6 Å². The van der Waals surface area contributed by atoms with Gasteiger partial charge in [-0.1, -0.05) is 42.5 Å². The average Bonchev–Trinajstić information content (AvgIpc) is 2.87. The lowest BCUT2D eigenvalue weighted by atomic mass is 9.93. The van der Waals surface area contributed by atoms with E-state index in [9.17, 15) is 14.4 Å². The SMILES string of the molecule is CC(C)N(Cc1nc2ccccc2c(=O)[nH]1)C(=O)c1ccc2c(c1)C[C@@H](c1ccccc1)OC2=O. The quantitative estimate of drug-likeness (QED) is 0.439. The number of aromatic nitrogens is 2. The molecule has 1 aromatic heterocycles. The third-order valence-corrected chi connectivity index (χ3v) is 6.26. The van der Waals surface area contributed by atoms with Gasteiger partial charge in [-0.2, -0.15) is 0 Å². The number of H-pyrrole nitrogens is 1. The van der Waals surface area contributed by atoms with E-state index < -0.39 is 12.1 Å². The molecule has 5 rings (SSSR count). The Labute approximate surface area is 202 Å². The first kappa shape index (κ1) is 22.5. The normalized spacial score (nSPS) is 15.1. The van der Waals surface area contributed by atoms with Crippen LogP contribution in [0.2, 0.25) is 0 Å². The molecule has 0 bridgehead atoms. The van der Waals surface area contributed by atoms with E-state index in [-0.39, 0.29) is 24.1 Å². The molecule has 0 aliphatic carbocycles. The second-order valence-corrected chi connectivity index (χ2v) is 8.94. The van der Waals surface area contributed by atoms with Gasteiger partial charge in [0.2, 0.25) is 0 Å². The summed E-state index contributed by atoms with van der Waals surface area (Å²) in [4.78, 5) is 47.7. The molecule has 0 saturated carbocycles. The molecule has 0 saturated heterocycles. The highest BCUT2D eigenvalue weighted by Crippen LogP contribution is 2.31. The van der Waals surface area contributed by atoms with Gasteiger partial charge in [-0.15, -0.1) is 0 Å². The Hall–Kier alpha value is -4.26. The van der Waals surface area contributed by atoms with Crippen LogP contribution < -0.4 is 5.56 Å². The lowest BCUT2D eigenvalue weighted by molar-refractivity contribution is 0.0252. The lowest BCUT2D eigenvalue weighted by Gasteiger charge is -2.28. The first-order valence-electron chi connectivity index (χ1n) is 11.6. The zero-order valence-electron chi connectivity index (χ0n) is 19.5. The first-order chi connectivity index (χ1) is 16.9. The highest BCUT2D eigenvalue weighted by atomic mass is 16.5. The van der Waals surface area contributed by atoms with Crippen LogP contribution in [-0.4, -0.2) is 32.8 Å². The molecule has 7 nitrogen and oxygen atoms in total. The Balaban J connectivity index is 1.44. The van der Waals surface area contributed by atoms with Gasteiger partial charge in [-0.3, -0.25) is 9.59 Å². The Morgan fingerprint density at radius 2 is 1.80 bits per heavy atom. The molecular weight excluding hydrogens is 442 g/mol. The summed E-state index contributed by atoms with van der Waals surface area (Å²) in [6, 6.07) is 21.6. The van der Waals surface area contributed by atoms with E-state index in [0.29, 0.717) is 34.3 Å². The highest BCUT2D eigenvalue weighted by Gasteiger charge is 2.29. The molecule has 35 heavy (non-hydrogen) atoms. The smallest absolute Gasteiger partial charge is 0.339 e. The minimum absolute atomic E-state index is 0.141. The average molecular weight is 468 g/mol. The summed E-state index contributed by atoms with van der Waals surface area (Å²) in [7, 11) is 0. The van der Waals surface area contributed by atoms with Crippen molar-refractivity contribution >= 4 is 22.8 Å². The van der Waals surface area contributed by atoms with E-state index in [2.05, 4.69) is 9.97 Å². The fraction of sp³-hybridized carbons (Fsp3) is 0.214. The van der Waals surface area contributed by atoms with Gasteiger partial charge in [0.1, 0.15) is 11.9 Å². The van der Waals surface area contributed by atoms with Crippen molar-refractivity contribution in [2.24, 2.45) is 0 Å². The van der Waals surface area contributed by atoms with Crippen molar-refractivity contribution in [3.63, 3.8) is 0 Å². The molecule has 1 aliphatic heterocycles. The number of aromatic amines is 1. The van der Waals surface area contributed by atoms with Crippen LogP contribution >= 0.6 is 0 Å². The highest BCUT2D eigenvalue weighted by molar-refractivity contribution is 5.98. The van der Waals surface area contributed by atoms with Crippen molar-refractivity contribution in [3.8, 4) is 0 Å². The number of carbonyl (C=O) groups excluding carboxylic acids is 2. The predicted octanol–water partition coefficient (Wildman–Crippen LogP) is 4.43. The van der Waals surface area contributed by atoms with Crippen LogP contribution in [0, 0.1) is 0 Å². The summed E-state index contributed by atoms with van der Waals surface area (Å²) in [5.74, 6) is -0.173. The molecule has 1 N–H and O–H groups in total. The number of nitrogens with one attached hydrogen (secondary N) is 1. The number of rotatable bonds is 5. The molecule has 176 valence electrons. The predicted molar refractivity (Wildman–Crippen MR) is 132 cm³/mol. The number of nitrogens with zero attached hydrogens (tertiary/aromatic N) is 2. The van der Waals surface area contributed by atoms with E-state index >= 15 is 0 Å². The molecule has 1 aliphatic rings. The summed E-state index contributed by atoms with van der Waals surface area (Å²) in [6.07, 6.45) is 0.0996. The van der Waals surface area contributed by atoms with Crippen molar-refractivity contribution < 1.29 is 14.3 Å². The molecule has 0 unspecified atom stereocenters. The summed E-state index contributed by atoms with van der Waals surface area (Å²) in [6.45, 7) is 3.98. The van der Waals surface area contributed by atoms with Crippen LogP contribution in [0.5, 0.6) is 0 Å². The number of amides is 1. The number of fused-ring (bicyclic) bond motifs is 2. The molecule has 0 fully saturated rings. The molecule has 2 heterocycles. The minimum atomic E-state index is -0.394. The second-order valence-electron chi connectivity index (χ2n) is 8.94. The Morgan fingerprint density at radius 3 is 2.57 bits per heavy atom. The van der Waals surface area contributed by atoms with Gasteiger partial charge in [-0.25, -0.2) is 9.78 Å². The van der Waals surface area contributed by atoms with Gasteiger partial charge in [0, 0.05) is 18.0 Å². The zero-order valence-corrected chi connectivity index (χ0v) is 19.5. The van der Waals surface area contributed by atoms with Crippen LogP contribution in [0.15, 0.2) is 77.6 Å². The molecule has 1 amide bonds. The van der Waals surface area contributed by atoms with Crippen molar-refractivity contribution in [2.45, 2.75) is 39.0 Å². The minimum Gasteiger partial charge on any atom is -0.454 e. The molecule has 0 spiro atoms. The number of hydrogen-bond acceptors (Lipinski definition) is 5. The fourth-order valence-electron chi connectivity index (χ4n) is 4.41. The van der Waals surface area contributed by atoms with Gasteiger partial charge in [0.05, 0.1) is 23.0 Å². The third-order valence-electron chi connectivity index (χ3n) is 6.26. The zero-order chi connectivity index (χ0) is 24.5. The number of hydrogen-bond donors (Lipinski definition) is 1. The van der Waals surface area contributed by atoms with E-state index in [0.717, 1.165) is 11.1 Å². The lowest BCUT2D eigenvalue weighted by Crippen LogP contribution is -2.37. The maximum Gasteiger partial charge on any atom is 0.339 e. The number of ether oxygens (including phenoxy) is 1. The maximum atomic E-state index is 13.5. The molecule has 0 radical (unpaired) electrons. The number of cyclic esters (lactones) is 1. The molecule has 3 aromatic carbocycles. The van der Waals surface area contributed by atoms with Gasteiger partial charge in [0.25, 0.3) is 11.5 Å². The summed E-state index contributed by atoms with van der Waals surface area (Å²) in [5.41, 5.74) is 3.00. The first-order valence-corrected chi connectivity index (χ1v) is 11.6. The van der Waals surface area contributed by atoms with Crippen LogP contribution in [0.3, 0.4) is 0 Å².